The van der Waals surface area contributed by atoms with Gasteiger partial charge in [-0.3, -0.25) is 4.79 Å². The summed E-state index contributed by atoms with van der Waals surface area (Å²) in [6, 6.07) is 5.54. The van der Waals surface area contributed by atoms with Gasteiger partial charge in [0.1, 0.15) is 0 Å². The number of hydrogen-bond donors (Lipinski definition) is 2. The van der Waals surface area contributed by atoms with E-state index in [-0.39, 0.29) is 29.0 Å². The van der Waals surface area contributed by atoms with Gasteiger partial charge in [0.05, 0.1) is 17.5 Å². The van der Waals surface area contributed by atoms with E-state index in [0.29, 0.717) is 12.3 Å². The van der Waals surface area contributed by atoms with Crippen LogP contribution < -0.4 is 5.32 Å². The zero-order valence-corrected chi connectivity index (χ0v) is 12.8. The molecule has 0 fully saturated rings. The summed E-state index contributed by atoms with van der Waals surface area (Å²) >= 11 is 0. The molecule has 0 aromatic heterocycles. The molecule has 0 bridgehead atoms. The van der Waals surface area contributed by atoms with Crippen molar-refractivity contribution in [2.45, 2.75) is 31.2 Å². The lowest BCUT2D eigenvalue weighted by molar-refractivity contribution is 0.0908. The van der Waals surface area contributed by atoms with Crippen molar-refractivity contribution in [2.24, 2.45) is 5.92 Å². The molecular weight excluding hydrogens is 278 g/mol. The summed E-state index contributed by atoms with van der Waals surface area (Å²) in [5.74, 6) is -0.0370. The second-order valence-electron chi connectivity index (χ2n) is 5.28. The van der Waals surface area contributed by atoms with Crippen molar-refractivity contribution in [2.75, 3.05) is 12.9 Å². The Morgan fingerprint density at radius 1 is 1.35 bits per heavy atom. The number of nitrogens with one attached hydrogen (secondary N) is 1. The predicted octanol–water partition coefficient (Wildman–Crippen LogP) is 1.23. The lowest BCUT2D eigenvalue weighted by Crippen LogP contribution is -2.38. The van der Waals surface area contributed by atoms with Gasteiger partial charge >= 0.3 is 0 Å². The highest BCUT2D eigenvalue weighted by Gasteiger charge is 2.16. The van der Waals surface area contributed by atoms with Crippen molar-refractivity contribution in [1.29, 1.82) is 0 Å². The molecule has 0 spiro atoms. The maximum atomic E-state index is 12.1. The summed E-state index contributed by atoms with van der Waals surface area (Å²) in [5.41, 5.74) is 0.273. The van der Waals surface area contributed by atoms with Gasteiger partial charge in [-0.05, 0) is 30.5 Å². The van der Waals surface area contributed by atoms with Crippen molar-refractivity contribution < 1.29 is 18.3 Å². The molecule has 20 heavy (non-hydrogen) atoms. The minimum atomic E-state index is -3.34. The Morgan fingerprint density at radius 3 is 2.50 bits per heavy atom. The summed E-state index contributed by atoms with van der Waals surface area (Å²) in [6.07, 6.45) is 1.76. The fraction of sp³-hybridized carbons (Fsp3) is 0.500. The van der Waals surface area contributed by atoms with Crippen molar-refractivity contribution in [3.8, 4) is 0 Å². The van der Waals surface area contributed by atoms with Crippen molar-refractivity contribution >= 4 is 15.7 Å². The van der Waals surface area contributed by atoms with E-state index in [1.165, 1.54) is 18.2 Å². The number of benzene rings is 1. The number of carbonyl (C=O) groups is 1. The van der Waals surface area contributed by atoms with Gasteiger partial charge < -0.3 is 10.4 Å². The van der Waals surface area contributed by atoms with E-state index in [9.17, 15) is 18.3 Å². The number of rotatable bonds is 6. The molecular formula is C14H21NO4S. The average Bonchev–Trinajstić information content (AvgIpc) is 2.36. The third kappa shape index (κ3) is 4.94. The van der Waals surface area contributed by atoms with Crippen LogP contribution in [0.25, 0.3) is 0 Å². The molecule has 2 N–H and O–H groups in total. The zero-order chi connectivity index (χ0) is 15.3. The van der Waals surface area contributed by atoms with Crippen LogP contribution in [0, 0.1) is 5.92 Å². The Morgan fingerprint density at radius 2 is 2.00 bits per heavy atom. The third-order valence-electron chi connectivity index (χ3n) is 2.84. The van der Waals surface area contributed by atoms with Gasteiger partial charge in [-0.2, -0.15) is 0 Å². The molecule has 1 aromatic rings. The van der Waals surface area contributed by atoms with E-state index in [4.69, 9.17) is 0 Å². The summed E-state index contributed by atoms with van der Waals surface area (Å²) < 4.78 is 22.9. The molecule has 0 saturated carbocycles. The second kappa shape index (κ2) is 6.85. The van der Waals surface area contributed by atoms with Crippen LogP contribution in [-0.4, -0.2) is 38.3 Å². The summed E-state index contributed by atoms with van der Waals surface area (Å²) in [5, 5.41) is 12.0. The highest BCUT2D eigenvalue weighted by atomic mass is 32.2. The topological polar surface area (TPSA) is 83.5 Å². The Hall–Kier alpha value is -1.40. The van der Waals surface area contributed by atoms with Gasteiger partial charge in [0.25, 0.3) is 5.91 Å². The van der Waals surface area contributed by atoms with E-state index < -0.39 is 9.84 Å². The van der Waals surface area contributed by atoms with E-state index in [2.05, 4.69) is 5.32 Å². The molecule has 5 nitrogen and oxygen atoms in total. The van der Waals surface area contributed by atoms with Gasteiger partial charge in [0.2, 0.25) is 0 Å². The first-order valence-electron chi connectivity index (χ1n) is 6.46. The Kier molecular flexibility index (Phi) is 5.71. The number of aliphatic hydroxyl groups is 1. The smallest absolute Gasteiger partial charge is 0.251 e. The van der Waals surface area contributed by atoms with Gasteiger partial charge in [-0.15, -0.1) is 0 Å². The van der Waals surface area contributed by atoms with Crippen LogP contribution in [-0.2, 0) is 9.84 Å². The maximum absolute atomic E-state index is 12.1. The first-order chi connectivity index (χ1) is 9.24. The normalized spacial score (nSPS) is 13.2. The molecule has 1 rings (SSSR count). The molecule has 0 heterocycles. The van der Waals surface area contributed by atoms with Crippen molar-refractivity contribution in [3.05, 3.63) is 29.8 Å². The Bertz CT molecular complexity index is 566. The SMILES string of the molecule is CC(C)CC(CO)NC(=O)c1cccc(S(C)(=O)=O)c1. The summed E-state index contributed by atoms with van der Waals surface area (Å²) in [6.45, 7) is 3.86. The molecule has 1 amide bonds. The minimum Gasteiger partial charge on any atom is -0.394 e. The first-order valence-corrected chi connectivity index (χ1v) is 8.35. The maximum Gasteiger partial charge on any atom is 0.251 e. The summed E-state index contributed by atoms with van der Waals surface area (Å²) in [4.78, 5) is 12.2. The minimum absolute atomic E-state index is 0.106. The van der Waals surface area contributed by atoms with Crippen LogP contribution >= 0.6 is 0 Å². The monoisotopic (exact) mass is 299 g/mol. The number of aliphatic hydroxyl groups excluding tert-OH is 1. The molecule has 112 valence electrons. The number of amides is 1. The van der Waals surface area contributed by atoms with Gasteiger partial charge in [0, 0.05) is 11.8 Å². The zero-order valence-electron chi connectivity index (χ0n) is 12.0. The molecule has 0 aliphatic heterocycles. The Balaban J connectivity index is 2.87. The molecule has 1 unspecified atom stereocenters. The van der Waals surface area contributed by atoms with Gasteiger partial charge in [0.15, 0.2) is 9.84 Å². The third-order valence-corrected chi connectivity index (χ3v) is 3.95. The van der Waals surface area contributed by atoms with Crippen LogP contribution in [0.1, 0.15) is 30.6 Å². The highest BCUT2D eigenvalue weighted by molar-refractivity contribution is 7.90. The van der Waals surface area contributed by atoms with Gasteiger partial charge in [-0.25, -0.2) is 8.42 Å². The van der Waals surface area contributed by atoms with Crippen LogP contribution in [0.15, 0.2) is 29.2 Å². The van der Waals surface area contributed by atoms with E-state index >= 15 is 0 Å². The second-order valence-corrected chi connectivity index (χ2v) is 7.30. The molecule has 0 saturated heterocycles. The molecule has 0 radical (unpaired) electrons. The standard InChI is InChI=1S/C14H21NO4S/c1-10(2)7-12(9-16)15-14(17)11-5-4-6-13(8-11)20(3,18)19/h4-6,8,10,12,16H,7,9H2,1-3H3,(H,15,17). The number of sulfone groups is 1. The lowest BCUT2D eigenvalue weighted by atomic mass is 10.0. The van der Waals surface area contributed by atoms with Crippen LogP contribution in [0.2, 0.25) is 0 Å². The number of hydrogen-bond acceptors (Lipinski definition) is 4. The largest absolute Gasteiger partial charge is 0.394 e. The van der Waals surface area contributed by atoms with Crippen LogP contribution in [0.4, 0.5) is 0 Å². The molecule has 0 aliphatic carbocycles. The van der Waals surface area contributed by atoms with E-state index in [1.54, 1.807) is 6.07 Å². The summed E-state index contributed by atoms with van der Waals surface area (Å²) in [7, 11) is -3.34. The predicted molar refractivity (Wildman–Crippen MR) is 77.3 cm³/mol. The fourth-order valence-corrected chi connectivity index (χ4v) is 2.55. The van der Waals surface area contributed by atoms with E-state index in [0.717, 1.165) is 6.26 Å². The first kappa shape index (κ1) is 16.7. The lowest BCUT2D eigenvalue weighted by Gasteiger charge is -2.18. The van der Waals surface area contributed by atoms with Crippen molar-refractivity contribution in [1.82, 2.24) is 5.32 Å². The Labute approximate surface area is 119 Å². The quantitative estimate of drug-likeness (QED) is 0.827. The van der Waals surface area contributed by atoms with E-state index in [1.807, 2.05) is 13.8 Å². The molecule has 1 atom stereocenters. The number of carbonyl (C=O) groups excluding carboxylic acids is 1. The van der Waals surface area contributed by atoms with Gasteiger partial charge in [-0.1, -0.05) is 19.9 Å². The highest BCUT2D eigenvalue weighted by Crippen LogP contribution is 2.12. The van der Waals surface area contributed by atoms with Crippen LogP contribution in [0.5, 0.6) is 0 Å². The molecule has 1 aromatic carbocycles. The molecule has 6 heteroatoms. The molecule has 0 aliphatic rings. The van der Waals surface area contributed by atoms with Crippen LogP contribution in [0.3, 0.4) is 0 Å². The fourth-order valence-electron chi connectivity index (χ4n) is 1.88. The van der Waals surface area contributed by atoms with Crippen molar-refractivity contribution in [3.63, 3.8) is 0 Å². The average molecular weight is 299 g/mol.